The second-order valence-electron chi connectivity index (χ2n) is 19.5. The van der Waals surface area contributed by atoms with Crippen molar-refractivity contribution in [3.63, 3.8) is 0 Å². The molecule has 0 aromatic rings. The lowest BCUT2D eigenvalue weighted by Gasteiger charge is -2.18. The van der Waals surface area contributed by atoms with Crippen molar-refractivity contribution in [3.8, 4) is 0 Å². The molecule has 0 aromatic heterocycles. The smallest absolute Gasteiger partial charge is 0.306 e. The molecule has 0 N–H and O–H groups in total. The summed E-state index contributed by atoms with van der Waals surface area (Å²) in [5.41, 5.74) is 0. The molecule has 0 saturated carbocycles. The van der Waals surface area contributed by atoms with Crippen molar-refractivity contribution in [1.82, 2.24) is 0 Å². The number of esters is 3. The van der Waals surface area contributed by atoms with Crippen LogP contribution in [-0.4, -0.2) is 37.2 Å². The molecule has 0 saturated heterocycles. The van der Waals surface area contributed by atoms with E-state index < -0.39 is 6.10 Å². The standard InChI is InChI=1S/C68H110O6/c1-4-7-10-13-16-19-22-25-28-29-30-31-32-33-34-35-36-37-38-39-41-43-46-49-52-55-58-61-67(70)73-64-65(63-72-66(69)60-57-54-51-48-45-42-27-24-21-18-15-12-9-6-3)74-68(71)62-59-56-53-50-47-44-40-26-23-20-17-14-11-8-5-2/h7,10,15-20,24-28,30-31,33-34,36-37,39-41,65H,4-6,8-9,11-14,21-23,29,32,35,38,42-64H2,1-3H3/b10-7-,18-15-,19-16-,20-17-,27-24-,28-25-,31-30-,34-33-,37-36-,40-26-,41-39-. The maximum absolute atomic E-state index is 12.9. The van der Waals surface area contributed by atoms with E-state index in [4.69, 9.17) is 14.2 Å². The average molecular weight is 1020 g/mol. The lowest BCUT2D eigenvalue weighted by molar-refractivity contribution is -0.167. The maximum Gasteiger partial charge on any atom is 0.306 e. The van der Waals surface area contributed by atoms with E-state index in [2.05, 4.69) is 154 Å². The van der Waals surface area contributed by atoms with Crippen molar-refractivity contribution in [1.29, 1.82) is 0 Å². The zero-order valence-electron chi connectivity index (χ0n) is 47.8. The predicted octanol–water partition coefficient (Wildman–Crippen LogP) is 20.6. The molecule has 0 aliphatic rings. The fourth-order valence-corrected chi connectivity index (χ4v) is 7.82. The maximum atomic E-state index is 12.9. The van der Waals surface area contributed by atoms with E-state index in [9.17, 15) is 14.4 Å². The number of carbonyl (C=O) groups is 3. The van der Waals surface area contributed by atoms with Crippen LogP contribution in [-0.2, 0) is 28.6 Å². The number of carbonyl (C=O) groups excluding carboxylic acids is 3. The quantitative estimate of drug-likeness (QED) is 0.0261. The third kappa shape index (κ3) is 58.4. The fraction of sp³-hybridized carbons (Fsp3) is 0.632. The number of ether oxygens (including phenoxy) is 3. The first-order valence-corrected chi connectivity index (χ1v) is 30.2. The zero-order chi connectivity index (χ0) is 53.6. The molecule has 0 aliphatic carbocycles. The largest absolute Gasteiger partial charge is 0.462 e. The molecule has 1 atom stereocenters. The zero-order valence-corrected chi connectivity index (χ0v) is 47.8. The van der Waals surface area contributed by atoms with Crippen LogP contribution < -0.4 is 0 Å². The Morgan fingerprint density at radius 1 is 0.284 bits per heavy atom. The third-order valence-corrected chi connectivity index (χ3v) is 12.4. The van der Waals surface area contributed by atoms with Crippen LogP contribution in [0.4, 0.5) is 0 Å². The Morgan fingerprint density at radius 2 is 0.541 bits per heavy atom. The molecule has 0 spiro atoms. The van der Waals surface area contributed by atoms with Gasteiger partial charge in [0.05, 0.1) is 0 Å². The molecule has 0 bridgehead atoms. The highest BCUT2D eigenvalue weighted by Gasteiger charge is 2.19. The minimum Gasteiger partial charge on any atom is -0.462 e. The summed E-state index contributed by atoms with van der Waals surface area (Å²) in [6.45, 7) is 6.41. The lowest BCUT2D eigenvalue weighted by Crippen LogP contribution is -2.30. The van der Waals surface area contributed by atoms with Crippen LogP contribution in [0.3, 0.4) is 0 Å². The lowest BCUT2D eigenvalue weighted by atomic mass is 10.1. The first-order valence-electron chi connectivity index (χ1n) is 30.2. The van der Waals surface area contributed by atoms with E-state index in [1.807, 2.05) is 0 Å². The normalized spacial score (nSPS) is 13.1. The number of hydrogen-bond acceptors (Lipinski definition) is 6. The summed E-state index contributed by atoms with van der Waals surface area (Å²) < 4.78 is 16.8. The van der Waals surface area contributed by atoms with Gasteiger partial charge in [0, 0.05) is 19.3 Å². The van der Waals surface area contributed by atoms with Gasteiger partial charge in [-0.15, -0.1) is 0 Å². The minimum absolute atomic E-state index is 0.101. The first kappa shape index (κ1) is 69.5. The summed E-state index contributed by atoms with van der Waals surface area (Å²) >= 11 is 0. The first-order chi connectivity index (χ1) is 36.5. The molecule has 0 heterocycles. The highest BCUT2D eigenvalue weighted by molar-refractivity contribution is 5.71. The van der Waals surface area contributed by atoms with Gasteiger partial charge in [-0.3, -0.25) is 14.4 Å². The molecule has 0 rings (SSSR count). The van der Waals surface area contributed by atoms with E-state index in [1.54, 1.807) is 0 Å². The van der Waals surface area contributed by atoms with E-state index in [0.717, 1.165) is 173 Å². The van der Waals surface area contributed by atoms with Gasteiger partial charge in [0.1, 0.15) is 13.2 Å². The van der Waals surface area contributed by atoms with Gasteiger partial charge in [-0.25, -0.2) is 0 Å². The van der Waals surface area contributed by atoms with Gasteiger partial charge in [0.15, 0.2) is 6.10 Å². The van der Waals surface area contributed by atoms with E-state index >= 15 is 0 Å². The SMILES string of the molecule is CC/C=C\C/C=C\C/C=C\C/C=C\C/C=C\C/C=C\C/C=C\CCCCCCCC(=O)OCC(COC(=O)CCCCCCC/C=C\C/C=C\CCCC)OC(=O)CCCCCCC/C=C\C/C=C\CCCCC. The van der Waals surface area contributed by atoms with Crippen LogP contribution in [0, 0.1) is 0 Å². The number of unbranched alkanes of at least 4 members (excludes halogenated alkanes) is 20. The van der Waals surface area contributed by atoms with E-state index in [0.29, 0.717) is 19.3 Å². The van der Waals surface area contributed by atoms with Crippen LogP contribution in [0.25, 0.3) is 0 Å². The minimum atomic E-state index is -0.805. The summed E-state index contributed by atoms with van der Waals surface area (Å²) in [7, 11) is 0. The van der Waals surface area contributed by atoms with E-state index in [1.165, 1.54) is 44.9 Å². The predicted molar refractivity (Wildman–Crippen MR) is 320 cm³/mol. The van der Waals surface area contributed by atoms with Gasteiger partial charge in [-0.2, -0.15) is 0 Å². The van der Waals surface area contributed by atoms with Crippen molar-refractivity contribution in [2.75, 3.05) is 13.2 Å². The summed E-state index contributed by atoms with van der Waals surface area (Å²) in [6, 6.07) is 0. The summed E-state index contributed by atoms with van der Waals surface area (Å²) in [5.74, 6) is -0.950. The molecule has 0 amide bonds. The molecule has 418 valence electrons. The van der Waals surface area contributed by atoms with Crippen molar-refractivity contribution in [3.05, 3.63) is 134 Å². The second-order valence-corrected chi connectivity index (χ2v) is 19.5. The monoisotopic (exact) mass is 1020 g/mol. The topological polar surface area (TPSA) is 78.9 Å². The molecule has 6 heteroatoms. The highest BCUT2D eigenvalue weighted by atomic mass is 16.6. The summed E-state index contributed by atoms with van der Waals surface area (Å²) in [5, 5.41) is 0. The fourth-order valence-electron chi connectivity index (χ4n) is 7.82. The van der Waals surface area contributed by atoms with Gasteiger partial charge in [0.25, 0.3) is 0 Å². The van der Waals surface area contributed by atoms with Crippen LogP contribution >= 0.6 is 0 Å². The van der Waals surface area contributed by atoms with E-state index in [-0.39, 0.29) is 31.1 Å². The Morgan fingerprint density at radius 3 is 0.865 bits per heavy atom. The van der Waals surface area contributed by atoms with Crippen LogP contribution in [0.1, 0.15) is 258 Å². The molecular weight excluding hydrogens is 913 g/mol. The molecule has 0 fully saturated rings. The van der Waals surface area contributed by atoms with Gasteiger partial charge >= 0.3 is 17.9 Å². The van der Waals surface area contributed by atoms with Crippen LogP contribution in [0.5, 0.6) is 0 Å². The van der Waals surface area contributed by atoms with Crippen molar-refractivity contribution < 1.29 is 28.6 Å². The molecule has 1 unspecified atom stereocenters. The number of rotatable bonds is 53. The number of hydrogen-bond donors (Lipinski definition) is 0. The molecular formula is C68H110O6. The molecule has 0 aromatic carbocycles. The molecule has 0 radical (unpaired) electrons. The second kappa shape index (κ2) is 61.1. The van der Waals surface area contributed by atoms with Gasteiger partial charge < -0.3 is 14.2 Å². The van der Waals surface area contributed by atoms with Crippen molar-refractivity contribution in [2.45, 2.75) is 264 Å². The van der Waals surface area contributed by atoms with Gasteiger partial charge in [-0.1, -0.05) is 238 Å². The average Bonchev–Trinajstić information content (AvgIpc) is 3.40. The highest BCUT2D eigenvalue weighted by Crippen LogP contribution is 2.13. The Labute approximate surface area is 455 Å². The van der Waals surface area contributed by atoms with Crippen LogP contribution in [0.15, 0.2) is 134 Å². The Balaban J connectivity index is 4.42. The van der Waals surface area contributed by atoms with Crippen molar-refractivity contribution in [2.24, 2.45) is 0 Å². The Kier molecular flexibility index (Phi) is 57.4. The summed E-state index contributed by atoms with van der Waals surface area (Å²) in [6.07, 6.45) is 85.8. The molecule has 6 nitrogen and oxygen atoms in total. The van der Waals surface area contributed by atoms with Crippen LogP contribution in [0.2, 0.25) is 0 Å². The Bertz CT molecular complexity index is 1600. The number of allylic oxidation sites excluding steroid dienone is 22. The van der Waals surface area contributed by atoms with Crippen molar-refractivity contribution >= 4 is 17.9 Å². The van der Waals surface area contributed by atoms with Gasteiger partial charge in [0.2, 0.25) is 0 Å². The summed E-state index contributed by atoms with van der Waals surface area (Å²) in [4.78, 5) is 38.2. The van der Waals surface area contributed by atoms with Gasteiger partial charge in [-0.05, 0) is 135 Å². The Hall–Kier alpha value is -4.45. The third-order valence-electron chi connectivity index (χ3n) is 12.4. The molecule has 74 heavy (non-hydrogen) atoms. The molecule has 0 aliphatic heterocycles.